The van der Waals surface area contributed by atoms with Gasteiger partial charge in [-0.3, -0.25) is 4.18 Å². The number of hydrogen-bond acceptors (Lipinski definition) is 7. The fourth-order valence-corrected chi connectivity index (χ4v) is 2.02. The molecule has 22 heavy (non-hydrogen) atoms. The Morgan fingerprint density at radius 3 is 2.41 bits per heavy atom. The molecule has 0 saturated heterocycles. The molecule has 0 aliphatic rings. The Labute approximate surface area is 128 Å². The SMILES string of the molecule is COC(=O)[C@@H](CNC(=O)OCc1ccccc1)OS(C)(=O)=O. The van der Waals surface area contributed by atoms with E-state index in [-0.39, 0.29) is 6.61 Å². The second-order valence-electron chi connectivity index (χ2n) is 4.25. The molecule has 122 valence electrons. The van der Waals surface area contributed by atoms with Gasteiger partial charge in [-0.15, -0.1) is 0 Å². The van der Waals surface area contributed by atoms with Crippen molar-refractivity contribution in [1.29, 1.82) is 0 Å². The molecule has 1 aromatic rings. The summed E-state index contributed by atoms with van der Waals surface area (Å²) < 4.78 is 35.9. The summed E-state index contributed by atoms with van der Waals surface area (Å²) in [5.41, 5.74) is 0.787. The summed E-state index contributed by atoms with van der Waals surface area (Å²) in [4.78, 5) is 22.9. The second kappa shape index (κ2) is 8.35. The molecule has 1 N–H and O–H groups in total. The van der Waals surface area contributed by atoms with Crippen LogP contribution in [0.3, 0.4) is 0 Å². The van der Waals surface area contributed by atoms with Crippen molar-refractivity contribution in [3.8, 4) is 0 Å². The fourth-order valence-electron chi connectivity index (χ4n) is 1.45. The van der Waals surface area contributed by atoms with E-state index in [2.05, 4.69) is 14.2 Å². The van der Waals surface area contributed by atoms with Crippen molar-refractivity contribution in [1.82, 2.24) is 5.32 Å². The maximum atomic E-state index is 11.5. The highest BCUT2D eigenvalue weighted by molar-refractivity contribution is 7.86. The standard InChI is InChI=1S/C13H17NO7S/c1-19-12(15)11(21-22(2,17)18)8-14-13(16)20-9-10-6-4-3-5-7-10/h3-7,11H,8-9H2,1-2H3,(H,14,16)/t11-/m1/s1. The number of alkyl carbamates (subject to hydrolysis) is 1. The van der Waals surface area contributed by atoms with E-state index in [0.717, 1.165) is 18.9 Å². The van der Waals surface area contributed by atoms with Crippen molar-refractivity contribution < 1.29 is 31.7 Å². The van der Waals surface area contributed by atoms with Gasteiger partial charge in [0.1, 0.15) is 6.61 Å². The number of carbonyl (C=O) groups excluding carboxylic acids is 2. The second-order valence-corrected chi connectivity index (χ2v) is 5.86. The minimum atomic E-state index is -3.87. The lowest BCUT2D eigenvalue weighted by Crippen LogP contribution is -2.40. The van der Waals surface area contributed by atoms with Crippen molar-refractivity contribution in [2.45, 2.75) is 12.7 Å². The number of carbonyl (C=O) groups is 2. The maximum Gasteiger partial charge on any atom is 0.407 e. The summed E-state index contributed by atoms with van der Waals surface area (Å²) in [6.45, 7) is -0.351. The van der Waals surface area contributed by atoms with Crippen molar-refractivity contribution >= 4 is 22.2 Å². The van der Waals surface area contributed by atoms with Crippen LogP contribution in [0.2, 0.25) is 0 Å². The lowest BCUT2D eigenvalue weighted by Gasteiger charge is -2.14. The fraction of sp³-hybridized carbons (Fsp3) is 0.385. The molecule has 0 aromatic heterocycles. The minimum Gasteiger partial charge on any atom is -0.467 e. The number of nitrogens with one attached hydrogen (secondary N) is 1. The third-order valence-corrected chi connectivity index (χ3v) is 2.98. The van der Waals surface area contributed by atoms with Gasteiger partial charge in [0, 0.05) is 0 Å². The van der Waals surface area contributed by atoms with Gasteiger partial charge in [-0.2, -0.15) is 8.42 Å². The zero-order chi connectivity index (χ0) is 16.6. The number of rotatable bonds is 7. The lowest BCUT2D eigenvalue weighted by molar-refractivity contribution is -0.148. The van der Waals surface area contributed by atoms with E-state index in [1.54, 1.807) is 24.3 Å². The molecular weight excluding hydrogens is 314 g/mol. The lowest BCUT2D eigenvalue weighted by atomic mass is 10.2. The number of methoxy groups -OCH3 is 1. The van der Waals surface area contributed by atoms with Crippen molar-refractivity contribution in [2.24, 2.45) is 0 Å². The monoisotopic (exact) mass is 331 g/mol. The van der Waals surface area contributed by atoms with Gasteiger partial charge in [-0.1, -0.05) is 30.3 Å². The Morgan fingerprint density at radius 1 is 1.23 bits per heavy atom. The quantitative estimate of drug-likeness (QED) is 0.570. The molecule has 1 atom stereocenters. The van der Waals surface area contributed by atoms with Crippen LogP contribution in [0.1, 0.15) is 5.56 Å². The molecular formula is C13H17NO7S. The van der Waals surface area contributed by atoms with Gasteiger partial charge in [0.15, 0.2) is 6.10 Å². The van der Waals surface area contributed by atoms with E-state index >= 15 is 0 Å². The van der Waals surface area contributed by atoms with Gasteiger partial charge in [0.25, 0.3) is 10.1 Å². The van der Waals surface area contributed by atoms with Gasteiger partial charge < -0.3 is 14.8 Å². The summed E-state index contributed by atoms with van der Waals surface area (Å²) in [5.74, 6) is -0.922. The summed E-state index contributed by atoms with van der Waals surface area (Å²) in [7, 11) is -2.80. The zero-order valence-electron chi connectivity index (χ0n) is 12.1. The molecule has 8 nitrogen and oxygen atoms in total. The molecule has 0 unspecified atom stereocenters. The predicted molar refractivity (Wildman–Crippen MR) is 76.4 cm³/mol. The van der Waals surface area contributed by atoms with Crippen LogP contribution in [0.5, 0.6) is 0 Å². The Hall–Kier alpha value is -2.13. The molecule has 9 heteroatoms. The van der Waals surface area contributed by atoms with Crippen LogP contribution in [0, 0.1) is 0 Å². The Balaban J connectivity index is 2.46. The van der Waals surface area contributed by atoms with Crippen LogP contribution >= 0.6 is 0 Å². The number of benzene rings is 1. The van der Waals surface area contributed by atoms with Crippen LogP contribution in [-0.4, -0.2) is 46.5 Å². The number of ether oxygens (including phenoxy) is 2. The van der Waals surface area contributed by atoms with Crippen LogP contribution < -0.4 is 5.32 Å². The van der Waals surface area contributed by atoms with Crippen molar-refractivity contribution in [2.75, 3.05) is 19.9 Å². The van der Waals surface area contributed by atoms with E-state index < -0.39 is 34.8 Å². The molecule has 0 aliphatic heterocycles. The van der Waals surface area contributed by atoms with Crippen LogP contribution in [-0.2, 0) is 35.2 Å². The zero-order valence-corrected chi connectivity index (χ0v) is 13.0. The number of hydrogen-bond donors (Lipinski definition) is 1. The van der Waals surface area contributed by atoms with E-state index in [1.807, 2.05) is 6.07 Å². The Morgan fingerprint density at radius 2 is 1.86 bits per heavy atom. The predicted octanol–water partition coefficient (Wildman–Crippen LogP) is 0.431. The normalized spacial score (nSPS) is 12.3. The molecule has 0 fully saturated rings. The average molecular weight is 331 g/mol. The molecule has 1 amide bonds. The molecule has 0 spiro atoms. The summed E-state index contributed by atoms with van der Waals surface area (Å²) in [6.07, 6.45) is -1.49. The van der Waals surface area contributed by atoms with E-state index in [0.29, 0.717) is 0 Å². The summed E-state index contributed by atoms with van der Waals surface area (Å²) in [6, 6.07) is 8.97. The van der Waals surface area contributed by atoms with Gasteiger partial charge in [-0.05, 0) is 5.56 Å². The summed E-state index contributed by atoms with van der Waals surface area (Å²) >= 11 is 0. The Kier molecular flexibility index (Phi) is 6.80. The molecule has 0 saturated carbocycles. The first-order valence-corrected chi connectivity index (χ1v) is 8.04. The summed E-state index contributed by atoms with van der Waals surface area (Å²) in [5, 5.41) is 2.24. The molecule has 1 aromatic carbocycles. The van der Waals surface area contributed by atoms with Gasteiger partial charge >= 0.3 is 12.1 Å². The third-order valence-electron chi connectivity index (χ3n) is 2.40. The highest BCUT2D eigenvalue weighted by atomic mass is 32.2. The minimum absolute atomic E-state index is 0.0441. The van der Waals surface area contributed by atoms with Gasteiger partial charge in [0.2, 0.25) is 0 Å². The average Bonchev–Trinajstić information content (AvgIpc) is 2.48. The highest BCUT2D eigenvalue weighted by Gasteiger charge is 2.25. The molecule has 0 bridgehead atoms. The maximum absolute atomic E-state index is 11.5. The Bertz CT molecular complexity index is 600. The third kappa shape index (κ3) is 7.04. The van der Waals surface area contributed by atoms with E-state index in [4.69, 9.17) is 4.74 Å². The molecule has 0 heterocycles. The highest BCUT2D eigenvalue weighted by Crippen LogP contribution is 2.02. The number of esters is 1. The van der Waals surface area contributed by atoms with E-state index in [1.165, 1.54) is 0 Å². The van der Waals surface area contributed by atoms with E-state index in [9.17, 15) is 18.0 Å². The smallest absolute Gasteiger partial charge is 0.407 e. The van der Waals surface area contributed by atoms with Crippen LogP contribution in [0.15, 0.2) is 30.3 Å². The largest absolute Gasteiger partial charge is 0.467 e. The molecule has 0 radical (unpaired) electrons. The van der Waals surface area contributed by atoms with Crippen LogP contribution in [0.25, 0.3) is 0 Å². The first kappa shape index (κ1) is 17.9. The van der Waals surface area contributed by atoms with Crippen LogP contribution in [0.4, 0.5) is 4.79 Å². The molecule has 0 aliphatic carbocycles. The van der Waals surface area contributed by atoms with Gasteiger partial charge in [0.05, 0.1) is 19.9 Å². The topological polar surface area (TPSA) is 108 Å². The molecule has 1 rings (SSSR count). The van der Waals surface area contributed by atoms with Crippen molar-refractivity contribution in [3.05, 3.63) is 35.9 Å². The first-order valence-electron chi connectivity index (χ1n) is 6.22. The number of amides is 1. The van der Waals surface area contributed by atoms with Crippen molar-refractivity contribution in [3.63, 3.8) is 0 Å². The first-order chi connectivity index (χ1) is 10.3. The van der Waals surface area contributed by atoms with Gasteiger partial charge in [-0.25, -0.2) is 9.59 Å².